The minimum atomic E-state index is -0.633. The lowest BCUT2D eigenvalue weighted by atomic mass is 9.87. The van der Waals surface area contributed by atoms with E-state index in [4.69, 9.17) is 11.5 Å². The van der Waals surface area contributed by atoms with Crippen molar-refractivity contribution in [1.29, 1.82) is 0 Å². The van der Waals surface area contributed by atoms with E-state index in [1.165, 1.54) is 23.2 Å². The number of benzene rings is 1. The minimum absolute atomic E-state index is 0.229. The minimum Gasteiger partial charge on any atom is -0.365 e. The molecule has 0 saturated carbocycles. The van der Waals surface area contributed by atoms with Crippen molar-refractivity contribution in [3.63, 3.8) is 0 Å². The fourth-order valence-electron chi connectivity index (χ4n) is 4.62. The molecule has 5 rings (SSSR count). The number of rotatable bonds is 7. The number of nitrogens with two attached hydrogens (primary N) is 2. The van der Waals surface area contributed by atoms with Gasteiger partial charge in [0.05, 0.1) is 5.54 Å². The number of carbonyl (C=O) groups is 1. The summed E-state index contributed by atoms with van der Waals surface area (Å²) in [6.07, 6.45) is 6.48. The van der Waals surface area contributed by atoms with E-state index < -0.39 is 17.4 Å². The summed E-state index contributed by atoms with van der Waals surface area (Å²) in [5, 5.41) is 8.81. The topological polar surface area (TPSA) is 131 Å². The van der Waals surface area contributed by atoms with Gasteiger partial charge in [0.15, 0.2) is 5.82 Å². The molecule has 0 aliphatic carbocycles. The number of hydrogen-bond donors (Lipinski definition) is 4. The van der Waals surface area contributed by atoms with Gasteiger partial charge in [0, 0.05) is 62.0 Å². The Morgan fingerprint density at radius 1 is 1.21 bits per heavy atom. The molecule has 0 bridgehead atoms. The van der Waals surface area contributed by atoms with Crippen LogP contribution in [0.2, 0.25) is 0 Å². The lowest BCUT2D eigenvalue weighted by molar-refractivity contribution is 0.0984. The highest BCUT2D eigenvalue weighted by Crippen LogP contribution is 2.32. The molecule has 3 aromatic heterocycles. The number of likely N-dealkylation sites (tertiary alicyclic amines) is 1. The number of hydrogen-bond acceptors (Lipinski definition) is 6. The number of amides is 1. The van der Waals surface area contributed by atoms with Crippen LogP contribution in [0.3, 0.4) is 0 Å². The molecule has 9 nitrogen and oxygen atoms in total. The molecule has 10 heteroatoms. The SMILES string of the molecule is NCC1(n2cc(C(N)=O)c(Nc3ccnc(F)c3)n2)CCN(Cc2ccc3[nH]ccc3c2)CC1. The number of aromatic nitrogens is 4. The summed E-state index contributed by atoms with van der Waals surface area (Å²) >= 11 is 0. The molecule has 1 saturated heterocycles. The lowest BCUT2D eigenvalue weighted by Gasteiger charge is -2.41. The Morgan fingerprint density at radius 3 is 2.76 bits per heavy atom. The molecule has 4 aromatic rings. The quantitative estimate of drug-likeness (QED) is 0.312. The van der Waals surface area contributed by atoms with E-state index in [9.17, 15) is 9.18 Å². The molecule has 1 aliphatic rings. The number of nitrogens with zero attached hydrogens (tertiary/aromatic N) is 4. The summed E-state index contributed by atoms with van der Waals surface area (Å²) in [6, 6.07) is 11.4. The van der Waals surface area contributed by atoms with Crippen LogP contribution in [0.25, 0.3) is 10.9 Å². The molecule has 0 atom stereocenters. The molecule has 176 valence electrons. The van der Waals surface area contributed by atoms with E-state index in [1.807, 2.05) is 6.20 Å². The Kier molecular flexibility index (Phi) is 5.76. The Morgan fingerprint density at radius 2 is 2.03 bits per heavy atom. The van der Waals surface area contributed by atoms with Crippen LogP contribution in [0.15, 0.2) is 55.0 Å². The number of aromatic amines is 1. The largest absolute Gasteiger partial charge is 0.365 e. The first kappa shape index (κ1) is 22.1. The van der Waals surface area contributed by atoms with Gasteiger partial charge in [-0.1, -0.05) is 6.07 Å². The predicted molar refractivity (Wildman–Crippen MR) is 128 cm³/mol. The van der Waals surface area contributed by atoms with Crippen LogP contribution in [0.4, 0.5) is 15.9 Å². The number of fused-ring (bicyclic) bond motifs is 1. The molecule has 0 radical (unpaired) electrons. The third-order valence-corrected chi connectivity index (χ3v) is 6.65. The summed E-state index contributed by atoms with van der Waals surface area (Å²) in [7, 11) is 0. The van der Waals surface area contributed by atoms with Crippen LogP contribution < -0.4 is 16.8 Å². The molecule has 1 aliphatic heterocycles. The first-order chi connectivity index (χ1) is 16.5. The van der Waals surface area contributed by atoms with E-state index in [1.54, 1.807) is 16.9 Å². The third kappa shape index (κ3) is 4.25. The van der Waals surface area contributed by atoms with Crippen molar-refractivity contribution in [3.8, 4) is 0 Å². The average Bonchev–Trinajstić information content (AvgIpc) is 3.47. The number of halogens is 1. The predicted octanol–water partition coefficient (Wildman–Crippen LogP) is 2.69. The molecule has 1 aromatic carbocycles. The second-order valence-corrected chi connectivity index (χ2v) is 8.80. The number of nitrogens with one attached hydrogen (secondary N) is 2. The Bertz CT molecular complexity index is 1320. The van der Waals surface area contributed by atoms with Crippen LogP contribution >= 0.6 is 0 Å². The first-order valence-corrected chi connectivity index (χ1v) is 11.2. The fraction of sp³-hybridized carbons (Fsp3) is 0.292. The van der Waals surface area contributed by atoms with E-state index in [2.05, 4.69) is 49.5 Å². The zero-order valence-electron chi connectivity index (χ0n) is 18.7. The molecule has 0 unspecified atom stereocenters. The highest BCUT2D eigenvalue weighted by molar-refractivity contribution is 5.98. The number of piperidine rings is 1. The van der Waals surface area contributed by atoms with Gasteiger partial charge in [-0.15, -0.1) is 0 Å². The summed E-state index contributed by atoms with van der Waals surface area (Å²) in [5.74, 6) is -0.979. The standard InChI is InChI=1S/C24H27FN8O/c25-21-12-18(4-8-29-21)30-23-19(22(27)34)14-33(31-23)24(15-26)5-9-32(10-6-24)13-16-1-2-20-17(11-16)3-7-28-20/h1-4,7-8,11-12,14,28H,5-6,9-10,13,15,26H2,(H2,27,34)(H,29,30,31). The van der Waals surface area contributed by atoms with Crippen molar-refractivity contribution in [2.75, 3.05) is 25.0 Å². The van der Waals surface area contributed by atoms with Gasteiger partial charge in [-0.25, -0.2) is 4.98 Å². The van der Waals surface area contributed by atoms with E-state index >= 15 is 0 Å². The van der Waals surface area contributed by atoms with Crippen molar-refractivity contribution in [2.24, 2.45) is 11.5 Å². The molecule has 1 fully saturated rings. The Labute approximate surface area is 195 Å². The van der Waals surface area contributed by atoms with Gasteiger partial charge < -0.3 is 21.8 Å². The van der Waals surface area contributed by atoms with Crippen molar-refractivity contribution >= 4 is 28.3 Å². The fourth-order valence-corrected chi connectivity index (χ4v) is 4.62. The van der Waals surface area contributed by atoms with Gasteiger partial charge in [-0.3, -0.25) is 14.4 Å². The molecule has 6 N–H and O–H groups in total. The zero-order chi connectivity index (χ0) is 23.7. The molecule has 0 spiro atoms. The van der Waals surface area contributed by atoms with Gasteiger partial charge in [0.2, 0.25) is 5.95 Å². The third-order valence-electron chi connectivity index (χ3n) is 6.65. The molecular weight excluding hydrogens is 435 g/mol. The van der Waals surface area contributed by atoms with Crippen molar-refractivity contribution in [1.82, 2.24) is 24.6 Å². The van der Waals surface area contributed by atoms with Gasteiger partial charge in [-0.2, -0.15) is 9.49 Å². The van der Waals surface area contributed by atoms with Gasteiger partial charge in [0.1, 0.15) is 5.56 Å². The molecule has 1 amide bonds. The van der Waals surface area contributed by atoms with Gasteiger partial charge in [0.25, 0.3) is 5.91 Å². The summed E-state index contributed by atoms with van der Waals surface area (Å²) in [6.45, 7) is 2.91. The smallest absolute Gasteiger partial charge is 0.254 e. The number of carbonyl (C=O) groups excluding carboxylic acids is 1. The zero-order valence-corrected chi connectivity index (χ0v) is 18.7. The molecule has 4 heterocycles. The van der Waals surface area contributed by atoms with Crippen LogP contribution in [0.1, 0.15) is 28.8 Å². The average molecular weight is 463 g/mol. The Balaban J connectivity index is 1.33. The maximum Gasteiger partial charge on any atom is 0.254 e. The number of anilines is 2. The van der Waals surface area contributed by atoms with Crippen LogP contribution in [-0.2, 0) is 12.1 Å². The van der Waals surface area contributed by atoms with Crippen molar-refractivity contribution in [2.45, 2.75) is 24.9 Å². The van der Waals surface area contributed by atoms with Crippen molar-refractivity contribution < 1.29 is 9.18 Å². The van der Waals surface area contributed by atoms with Crippen molar-refractivity contribution in [3.05, 3.63) is 72.1 Å². The van der Waals surface area contributed by atoms with Gasteiger partial charge in [-0.05, 0) is 48.1 Å². The maximum absolute atomic E-state index is 13.5. The Hall–Kier alpha value is -3.76. The second-order valence-electron chi connectivity index (χ2n) is 8.80. The number of H-pyrrole nitrogens is 1. The summed E-state index contributed by atoms with van der Waals surface area (Å²) in [5.41, 5.74) is 14.5. The van der Waals surface area contributed by atoms with Crippen LogP contribution in [0, 0.1) is 5.95 Å². The summed E-state index contributed by atoms with van der Waals surface area (Å²) < 4.78 is 15.3. The summed E-state index contributed by atoms with van der Waals surface area (Å²) in [4.78, 5) is 21.3. The lowest BCUT2D eigenvalue weighted by Crippen LogP contribution is -2.50. The highest BCUT2D eigenvalue weighted by Gasteiger charge is 2.37. The first-order valence-electron chi connectivity index (χ1n) is 11.2. The highest BCUT2D eigenvalue weighted by atomic mass is 19.1. The molecule has 34 heavy (non-hydrogen) atoms. The van der Waals surface area contributed by atoms with E-state index in [0.29, 0.717) is 12.2 Å². The number of pyridine rings is 1. The van der Waals surface area contributed by atoms with E-state index in [-0.39, 0.29) is 11.4 Å². The second kappa shape index (κ2) is 8.88. The van der Waals surface area contributed by atoms with E-state index in [0.717, 1.165) is 38.0 Å². The normalized spacial score (nSPS) is 16.1. The van der Waals surface area contributed by atoms with Crippen LogP contribution in [-0.4, -0.2) is 50.2 Å². The monoisotopic (exact) mass is 462 g/mol. The van der Waals surface area contributed by atoms with Crippen LogP contribution in [0.5, 0.6) is 0 Å². The maximum atomic E-state index is 13.5. The van der Waals surface area contributed by atoms with Gasteiger partial charge >= 0.3 is 0 Å². The number of primary amides is 1. The molecular formula is C24H27FN8O.